The number of nitrogens with one attached hydrogen (secondary N) is 1. The molecule has 7 heteroatoms. The third-order valence-electron chi connectivity index (χ3n) is 6.22. The van der Waals surface area contributed by atoms with E-state index in [9.17, 15) is 4.79 Å². The van der Waals surface area contributed by atoms with Crippen molar-refractivity contribution in [1.82, 2.24) is 9.88 Å². The molecule has 1 atom stereocenters. The predicted octanol–water partition coefficient (Wildman–Crippen LogP) is 5.12. The molecule has 162 valence electrons. The Morgan fingerprint density at radius 3 is 2.84 bits per heavy atom. The van der Waals surface area contributed by atoms with Crippen LogP contribution in [0, 0.1) is 5.92 Å². The molecule has 2 heterocycles. The number of fused-ring (bicyclic) bond motifs is 1. The van der Waals surface area contributed by atoms with E-state index in [4.69, 9.17) is 20.8 Å². The molecule has 0 spiro atoms. The molecule has 2 aromatic carbocycles. The highest BCUT2D eigenvalue weighted by atomic mass is 35.5. The standard InChI is InChI=1S/C24H26ClN3O3/c25-19-4-1-3-16(11-19)13-26-24-27-21-12-18(7-8-22(21)31-24)23(29)28(20-5-2-6-20)14-17-9-10-30-15-17/h1,3-4,7-8,11-12,17,20H,2,5-6,9-10,13-15H2,(H,26,27). The van der Waals surface area contributed by atoms with Gasteiger partial charge >= 0.3 is 0 Å². The Bertz CT molecular complexity index is 1070. The van der Waals surface area contributed by atoms with Gasteiger partial charge in [-0.25, -0.2) is 0 Å². The number of carbonyl (C=O) groups excluding carboxylic acids is 1. The summed E-state index contributed by atoms with van der Waals surface area (Å²) in [5.41, 5.74) is 3.03. The van der Waals surface area contributed by atoms with Crippen LogP contribution in [0.3, 0.4) is 0 Å². The molecular formula is C24H26ClN3O3. The molecule has 6 nitrogen and oxygen atoms in total. The van der Waals surface area contributed by atoms with Crippen molar-refractivity contribution in [2.45, 2.75) is 38.3 Å². The van der Waals surface area contributed by atoms with Gasteiger partial charge in [0.05, 0.1) is 6.61 Å². The number of halogens is 1. The van der Waals surface area contributed by atoms with E-state index in [1.165, 1.54) is 6.42 Å². The summed E-state index contributed by atoms with van der Waals surface area (Å²) in [7, 11) is 0. The number of hydrogen-bond donors (Lipinski definition) is 1. The van der Waals surface area contributed by atoms with E-state index in [-0.39, 0.29) is 5.91 Å². The maximum atomic E-state index is 13.4. The lowest BCUT2D eigenvalue weighted by Crippen LogP contribution is -2.46. The van der Waals surface area contributed by atoms with Gasteiger partial charge in [0, 0.05) is 42.2 Å². The highest BCUT2D eigenvalue weighted by Gasteiger charge is 2.32. The predicted molar refractivity (Wildman–Crippen MR) is 120 cm³/mol. The molecule has 1 saturated heterocycles. The fraction of sp³-hybridized carbons (Fsp3) is 0.417. The molecule has 1 amide bonds. The van der Waals surface area contributed by atoms with E-state index in [0.29, 0.717) is 46.2 Å². The Morgan fingerprint density at radius 2 is 2.10 bits per heavy atom. The van der Waals surface area contributed by atoms with Crippen LogP contribution in [0.4, 0.5) is 6.01 Å². The molecular weight excluding hydrogens is 414 g/mol. The lowest BCUT2D eigenvalue weighted by Gasteiger charge is -2.39. The Kier molecular flexibility index (Phi) is 5.83. The fourth-order valence-electron chi connectivity index (χ4n) is 4.23. The number of hydrogen-bond acceptors (Lipinski definition) is 5. The molecule has 1 aliphatic heterocycles. The van der Waals surface area contributed by atoms with Crippen molar-refractivity contribution in [3.05, 3.63) is 58.6 Å². The van der Waals surface area contributed by atoms with Crippen LogP contribution in [0.2, 0.25) is 5.02 Å². The lowest BCUT2D eigenvalue weighted by molar-refractivity contribution is 0.0522. The van der Waals surface area contributed by atoms with Crippen LogP contribution in [0.15, 0.2) is 46.9 Å². The molecule has 3 aromatic rings. The van der Waals surface area contributed by atoms with Crippen molar-refractivity contribution in [1.29, 1.82) is 0 Å². The van der Waals surface area contributed by atoms with Gasteiger partial charge in [-0.1, -0.05) is 23.7 Å². The Labute approximate surface area is 186 Å². The van der Waals surface area contributed by atoms with Gasteiger partial charge in [-0.15, -0.1) is 0 Å². The summed E-state index contributed by atoms with van der Waals surface area (Å²) in [5, 5.41) is 3.88. The molecule has 5 rings (SSSR count). The average Bonchev–Trinajstić information content (AvgIpc) is 3.38. The third kappa shape index (κ3) is 4.55. The monoisotopic (exact) mass is 439 g/mol. The highest BCUT2D eigenvalue weighted by molar-refractivity contribution is 6.30. The SMILES string of the molecule is O=C(c1ccc2oc(NCc3cccc(Cl)c3)nc2c1)N(CC1CCOC1)C1CCC1. The quantitative estimate of drug-likeness (QED) is 0.553. The minimum absolute atomic E-state index is 0.0786. The van der Waals surface area contributed by atoms with E-state index in [1.807, 2.05) is 42.5 Å². The summed E-state index contributed by atoms with van der Waals surface area (Å²) in [4.78, 5) is 19.9. The molecule has 1 aliphatic carbocycles. The molecule has 1 aromatic heterocycles. The summed E-state index contributed by atoms with van der Waals surface area (Å²) in [6.45, 7) is 2.87. The summed E-state index contributed by atoms with van der Waals surface area (Å²) in [6.07, 6.45) is 4.40. The van der Waals surface area contributed by atoms with Gasteiger partial charge in [-0.2, -0.15) is 4.98 Å². The number of aromatic nitrogens is 1. The second-order valence-corrected chi connectivity index (χ2v) is 8.89. The van der Waals surface area contributed by atoms with E-state index < -0.39 is 0 Å². The smallest absolute Gasteiger partial charge is 0.295 e. The lowest BCUT2D eigenvalue weighted by atomic mass is 9.90. The minimum atomic E-state index is 0.0786. The Balaban J connectivity index is 1.31. The summed E-state index contributed by atoms with van der Waals surface area (Å²) < 4.78 is 11.3. The van der Waals surface area contributed by atoms with Crippen LogP contribution in [-0.2, 0) is 11.3 Å². The minimum Gasteiger partial charge on any atom is -0.424 e. The van der Waals surface area contributed by atoms with E-state index in [2.05, 4.69) is 15.2 Å². The maximum Gasteiger partial charge on any atom is 0.295 e. The van der Waals surface area contributed by atoms with Crippen molar-refractivity contribution >= 4 is 34.6 Å². The van der Waals surface area contributed by atoms with Crippen molar-refractivity contribution in [3.63, 3.8) is 0 Å². The van der Waals surface area contributed by atoms with E-state index in [1.54, 1.807) is 0 Å². The van der Waals surface area contributed by atoms with Crippen LogP contribution in [0.1, 0.15) is 41.6 Å². The van der Waals surface area contributed by atoms with Gasteiger partial charge in [-0.05, 0) is 61.6 Å². The number of amides is 1. The van der Waals surface area contributed by atoms with E-state index >= 15 is 0 Å². The highest BCUT2D eigenvalue weighted by Crippen LogP contribution is 2.29. The van der Waals surface area contributed by atoms with Gasteiger partial charge < -0.3 is 19.4 Å². The zero-order chi connectivity index (χ0) is 21.2. The number of rotatable bonds is 7. The molecule has 0 radical (unpaired) electrons. The first-order valence-electron chi connectivity index (χ1n) is 10.9. The van der Waals surface area contributed by atoms with Crippen LogP contribution in [0.25, 0.3) is 11.1 Å². The van der Waals surface area contributed by atoms with Gasteiger partial charge in [-0.3, -0.25) is 4.79 Å². The van der Waals surface area contributed by atoms with Crippen LogP contribution in [0.5, 0.6) is 0 Å². The number of benzene rings is 2. The molecule has 2 aliphatic rings. The number of carbonyl (C=O) groups is 1. The first-order chi connectivity index (χ1) is 15.2. The topological polar surface area (TPSA) is 67.6 Å². The first-order valence-corrected chi connectivity index (χ1v) is 11.3. The Morgan fingerprint density at radius 1 is 1.19 bits per heavy atom. The summed E-state index contributed by atoms with van der Waals surface area (Å²) in [6, 6.07) is 13.9. The zero-order valence-electron chi connectivity index (χ0n) is 17.4. The van der Waals surface area contributed by atoms with Crippen molar-refractivity contribution < 1.29 is 13.9 Å². The van der Waals surface area contributed by atoms with Crippen molar-refractivity contribution in [2.24, 2.45) is 5.92 Å². The number of anilines is 1. The summed E-state index contributed by atoms with van der Waals surface area (Å²) in [5.74, 6) is 0.512. The maximum absolute atomic E-state index is 13.4. The van der Waals surface area contributed by atoms with Crippen molar-refractivity contribution in [2.75, 3.05) is 25.1 Å². The summed E-state index contributed by atoms with van der Waals surface area (Å²) >= 11 is 6.04. The van der Waals surface area contributed by atoms with Gasteiger partial charge in [0.15, 0.2) is 5.58 Å². The second-order valence-electron chi connectivity index (χ2n) is 8.46. The molecule has 31 heavy (non-hydrogen) atoms. The largest absolute Gasteiger partial charge is 0.424 e. The molecule has 2 fully saturated rings. The molecule has 0 bridgehead atoms. The van der Waals surface area contributed by atoms with Gasteiger partial charge in [0.25, 0.3) is 11.9 Å². The Hall–Kier alpha value is -2.57. The van der Waals surface area contributed by atoms with E-state index in [0.717, 1.165) is 44.6 Å². The normalized spacial score (nSPS) is 18.8. The first kappa shape index (κ1) is 20.3. The van der Waals surface area contributed by atoms with Crippen LogP contribution < -0.4 is 5.32 Å². The molecule has 1 unspecified atom stereocenters. The van der Waals surface area contributed by atoms with Crippen molar-refractivity contribution in [3.8, 4) is 0 Å². The molecule has 1 saturated carbocycles. The number of nitrogens with zero attached hydrogens (tertiary/aromatic N) is 2. The second kappa shape index (κ2) is 8.89. The molecule has 1 N–H and O–H groups in total. The average molecular weight is 440 g/mol. The van der Waals surface area contributed by atoms with Crippen LogP contribution in [-0.4, -0.2) is 41.6 Å². The number of oxazole rings is 1. The van der Waals surface area contributed by atoms with Gasteiger partial charge in [0.2, 0.25) is 0 Å². The number of ether oxygens (including phenoxy) is 1. The zero-order valence-corrected chi connectivity index (χ0v) is 18.1. The van der Waals surface area contributed by atoms with Crippen LogP contribution >= 0.6 is 11.6 Å². The fourth-order valence-corrected chi connectivity index (χ4v) is 4.44. The third-order valence-corrected chi connectivity index (χ3v) is 6.46. The van der Waals surface area contributed by atoms with Gasteiger partial charge in [0.1, 0.15) is 5.52 Å².